The van der Waals surface area contributed by atoms with Gasteiger partial charge >= 0.3 is 23.9 Å². The first-order valence-electron chi connectivity index (χ1n) is 9.70. The molecule has 0 unspecified atom stereocenters. The van der Waals surface area contributed by atoms with Crippen molar-refractivity contribution in [3.05, 3.63) is 23.5 Å². The Bertz CT molecular complexity index is 689. The van der Waals surface area contributed by atoms with Crippen molar-refractivity contribution in [3.8, 4) is 0 Å². The molecule has 9 heteroatoms. The highest BCUT2D eigenvalue weighted by Crippen LogP contribution is 2.27. The van der Waals surface area contributed by atoms with Gasteiger partial charge in [0.25, 0.3) is 0 Å². The van der Waals surface area contributed by atoms with Crippen LogP contribution in [0.25, 0.3) is 0 Å². The van der Waals surface area contributed by atoms with Gasteiger partial charge in [0.15, 0.2) is 0 Å². The van der Waals surface area contributed by atoms with Crippen molar-refractivity contribution in [3.63, 3.8) is 0 Å². The fourth-order valence-electron chi connectivity index (χ4n) is 2.76. The van der Waals surface area contributed by atoms with Gasteiger partial charge in [0, 0.05) is 12.1 Å². The largest absolute Gasteiger partial charge is 0.466 e. The Morgan fingerprint density at radius 3 is 1.76 bits per heavy atom. The first-order chi connectivity index (χ1) is 13.9. The average molecular weight is 411 g/mol. The van der Waals surface area contributed by atoms with Gasteiger partial charge in [0.2, 0.25) is 0 Å². The van der Waals surface area contributed by atoms with Gasteiger partial charge in [-0.25, -0.2) is 4.79 Å². The molecular formula is C20H29NO8. The number of ether oxygens (including phenoxy) is 4. The molecule has 0 bridgehead atoms. The van der Waals surface area contributed by atoms with E-state index in [0.29, 0.717) is 5.56 Å². The minimum Gasteiger partial charge on any atom is -0.466 e. The van der Waals surface area contributed by atoms with E-state index in [-0.39, 0.29) is 51.5 Å². The van der Waals surface area contributed by atoms with E-state index in [1.165, 1.54) is 10.6 Å². The molecule has 9 nitrogen and oxygen atoms in total. The third kappa shape index (κ3) is 7.97. The maximum atomic E-state index is 12.3. The number of hydrogen-bond donors (Lipinski definition) is 0. The quantitative estimate of drug-likeness (QED) is 0.380. The number of aromatic nitrogens is 1. The van der Waals surface area contributed by atoms with Crippen molar-refractivity contribution in [2.24, 2.45) is 0 Å². The number of carbonyl (C=O) groups is 4. The third-order valence-electron chi connectivity index (χ3n) is 3.92. The highest BCUT2D eigenvalue weighted by molar-refractivity contribution is 5.89. The number of rotatable bonds is 12. The Labute approximate surface area is 170 Å². The molecule has 29 heavy (non-hydrogen) atoms. The molecule has 0 N–H and O–H groups in total. The van der Waals surface area contributed by atoms with Crippen molar-refractivity contribution < 1.29 is 38.1 Å². The zero-order chi connectivity index (χ0) is 21.8. The predicted molar refractivity (Wildman–Crippen MR) is 102 cm³/mol. The molecule has 0 saturated heterocycles. The topological polar surface area (TPSA) is 110 Å². The Morgan fingerprint density at radius 2 is 1.28 bits per heavy atom. The second-order valence-electron chi connectivity index (χ2n) is 6.03. The molecule has 162 valence electrons. The predicted octanol–water partition coefficient (Wildman–Crippen LogP) is 2.22. The van der Waals surface area contributed by atoms with E-state index < -0.39 is 29.8 Å². The van der Waals surface area contributed by atoms with Crippen molar-refractivity contribution in [2.45, 2.75) is 53.0 Å². The highest BCUT2D eigenvalue weighted by Gasteiger charge is 2.26. The van der Waals surface area contributed by atoms with Crippen molar-refractivity contribution in [1.82, 2.24) is 4.57 Å². The maximum Gasteiger partial charge on any atom is 0.354 e. The molecule has 0 aliphatic rings. The monoisotopic (exact) mass is 411 g/mol. The second kappa shape index (κ2) is 12.6. The number of nitrogens with zero attached hydrogens (tertiary/aromatic N) is 1. The van der Waals surface area contributed by atoms with E-state index in [1.54, 1.807) is 33.9 Å². The molecule has 0 saturated carbocycles. The van der Waals surface area contributed by atoms with Crippen LogP contribution in [0.5, 0.6) is 0 Å². The smallest absolute Gasteiger partial charge is 0.354 e. The van der Waals surface area contributed by atoms with Gasteiger partial charge in [-0.15, -0.1) is 0 Å². The van der Waals surface area contributed by atoms with Gasteiger partial charge in [0.05, 0.1) is 39.3 Å². The molecule has 0 aliphatic carbocycles. The summed E-state index contributed by atoms with van der Waals surface area (Å²) in [5, 5.41) is 0. The SMILES string of the molecule is CCOC(=O)CC(CC(=O)OCC)c1cc(C(=O)OCC)n(CC(=O)OCC)c1. The van der Waals surface area contributed by atoms with E-state index in [2.05, 4.69) is 0 Å². The first-order valence-corrected chi connectivity index (χ1v) is 9.70. The molecule has 0 amide bonds. The molecule has 1 aromatic heterocycles. The molecule has 0 spiro atoms. The molecule has 0 atom stereocenters. The van der Waals surface area contributed by atoms with E-state index in [1.807, 2.05) is 0 Å². The normalized spacial score (nSPS) is 10.5. The average Bonchev–Trinajstić information content (AvgIpc) is 3.05. The molecule has 0 aromatic carbocycles. The summed E-state index contributed by atoms with van der Waals surface area (Å²) in [5.41, 5.74) is 0.658. The van der Waals surface area contributed by atoms with Gasteiger partial charge in [-0.05, 0) is 39.3 Å². The van der Waals surface area contributed by atoms with Crippen LogP contribution in [0.2, 0.25) is 0 Å². The minimum atomic E-state index is -0.617. The molecule has 1 aromatic rings. The lowest BCUT2D eigenvalue weighted by molar-refractivity contribution is -0.146. The summed E-state index contributed by atoms with van der Waals surface area (Å²) in [7, 11) is 0. The molecule has 1 heterocycles. The zero-order valence-electron chi connectivity index (χ0n) is 17.4. The fourth-order valence-corrected chi connectivity index (χ4v) is 2.76. The van der Waals surface area contributed by atoms with E-state index in [0.717, 1.165) is 0 Å². The zero-order valence-corrected chi connectivity index (χ0v) is 17.4. The standard InChI is InChI=1S/C20H29NO8/c1-5-26-17(22)10-14(11-18(23)27-6-2)15-9-16(20(25)29-8-4)21(12-15)13-19(24)28-7-3/h9,12,14H,5-8,10-11,13H2,1-4H3. The Kier molecular flexibility index (Phi) is 10.5. The summed E-state index contributed by atoms with van der Waals surface area (Å²) in [6.07, 6.45) is 1.41. The van der Waals surface area contributed by atoms with Crippen LogP contribution < -0.4 is 0 Å². The Hall–Kier alpha value is -2.84. The molecule has 0 aliphatic heterocycles. The third-order valence-corrected chi connectivity index (χ3v) is 3.92. The number of hydrogen-bond acceptors (Lipinski definition) is 8. The van der Waals surface area contributed by atoms with Gasteiger partial charge in [-0.2, -0.15) is 0 Å². The summed E-state index contributed by atoms with van der Waals surface area (Å²) in [6.45, 7) is 7.31. The van der Waals surface area contributed by atoms with E-state index >= 15 is 0 Å². The van der Waals surface area contributed by atoms with Crippen LogP contribution in [0.3, 0.4) is 0 Å². The van der Waals surface area contributed by atoms with Gasteiger partial charge in [0.1, 0.15) is 12.2 Å². The molecule has 0 fully saturated rings. The van der Waals surface area contributed by atoms with Crippen LogP contribution in [0.15, 0.2) is 12.3 Å². The summed E-state index contributed by atoms with van der Waals surface area (Å²) >= 11 is 0. The van der Waals surface area contributed by atoms with Gasteiger partial charge in [-0.3, -0.25) is 14.4 Å². The maximum absolute atomic E-state index is 12.3. The van der Waals surface area contributed by atoms with E-state index in [4.69, 9.17) is 18.9 Å². The fraction of sp³-hybridized carbons (Fsp3) is 0.600. The lowest BCUT2D eigenvalue weighted by Crippen LogP contribution is -2.18. The summed E-state index contributed by atoms with van der Waals surface area (Å²) in [6, 6.07) is 1.51. The highest BCUT2D eigenvalue weighted by atomic mass is 16.5. The van der Waals surface area contributed by atoms with Crippen LogP contribution in [0.4, 0.5) is 0 Å². The summed E-state index contributed by atoms with van der Waals surface area (Å²) in [4.78, 5) is 48.2. The minimum absolute atomic E-state index is 0.0711. The van der Waals surface area contributed by atoms with Crippen molar-refractivity contribution in [2.75, 3.05) is 26.4 Å². The second-order valence-corrected chi connectivity index (χ2v) is 6.03. The Morgan fingerprint density at radius 1 is 0.793 bits per heavy atom. The lowest BCUT2D eigenvalue weighted by atomic mass is 9.94. The van der Waals surface area contributed by atoms with Crippen LogP contribution in [0.1, 0.15) is 62.5 Å². The van der Waals surface area contributed by atoms with Crippen molar-refractivity contribution in [1.29, 1.82) is 0 Å². The molecule has 0 radical (unpaired) electrons. The van der Waals surface area contributed by atoms with Crippen LogP contribution in [-0.2, 0) is 39.9 Å². The van der Waals surface area contributed by atoms with Crippen LogP contribution in [-0.4, -0.2) is 54.9 Å². The first kappa shape index (κ1) is 24.2. The Balaban J connectivity index is 3.23. The number of esters is 4. The summed E-state index contributed by atoms with van der Waals surface area (Å²) in [5.74, 6) is -2.67. The summed E-state index contributed by atoms with van der Waals surface area (Å²) < 4.78 is 21.4. The molecule has 1 rings (SSSR count). The lowest BCUT2D eigenvalue weighted by Gasteiger charge is -2.14. The number of carbonyl (C=O) groups excluding carboxylic acids is 4. The molecular weight excluding hydrogens is 382 g/mol. The van der Waals surface area contributed by atoms with Crippen LogP contribution >= 0.6 is 0 Å². The van der Waals surface area contributed by atoms with Gasteiger partial charge in [-0.1, -0.05) is 0 Å². The van der Waals surface area contributed by atoms with Gasteiger partial charge < -0.3 is 23.5 Å². The van der Waals surface area contributed by atoms with Crippen LogP contribution in [0, 0.1) is 0 Å². The van der Waals surface area contributed by atoms with E-state index in [9.17, 15) is 19.2 Å². The van der Waals surface area contributed by atoms with Crippen molar-refractivity contribution >= 4 is 23.9 Å².